The minimum atomic E-state index is -0.226. The number of carbonyl (C=O) groups is 1. The van der Waals surface area contributed by atoms with Gasteiger partial charge in [0.15, 0.2) is 0 Å². The van der Waals surface area contributed by atoms with Crippen LogP contribution in [0.3, 0.4) is 0 Å². The fourth-order valence-corrected chi connectivity index (χ4v) is 2.95. The van der Waals surface area contributed by atoms with E-state index in [4.69, 9.17) is 4.74 Å². The molecule has 0 saturated heterocycles. The van der Waals surface area contributed by atoms with Gasteiger partial charge in [-0.15, -0.1) is 0 Å². The predicted molar refractivity (Wildman–Crippen MR) is 80.3 cm³/mol. The van der Waals surface area contributed by atoms with Crippen LogP contribution >= 0.6 is 0 Å². The predicted octanol–water partition coefficient (Wildman–Crippen LogP) is 4.76. The van der Waals surface area contributed by atoms with Crippen molar-refractivity contribution in [2.24, 2.45) is 11.3 Å². The lowest BCUT2D eigenvalue weighted by atomic mass is 9.77. The Balaban J connectivity index is 2.72. The number of carbonyl (C=O) groups excluding carboxylic acids is 1. The molecule has 0 spiro atoms. The molecule has 0 aromatic carbocycles. The van der Waals surface area contributed by atoms with Crippen molar-refractivity contribution in [3.63, 3.8) is 0 Å². The molecule has 2 unspecified atom stereocenters. The van der Waals surface area contributed by atoms with Crippen LogP contribution in [0.25, 0.3) is 0 Å². The molecule has 0 N–H and O–H groups in total. The Kier molecular flexibility index (Phi) is 5.61. The van der Waals surface area contributed by atoms with Gasteiger partial charge >= 0.3 is 0 Å². The topological polar surface area (TPSA) is 26.3 Å². The molecule has 0 radical (unpaired) electrons. The molecule has 0 aromatic heterocycles. The summed E-state index contributed by atoms with van der Waals surface area (Å²) in [7, 11) is 0. The SMILES string of the molecule is CC(C)(C)OC1CCCCCC(C(=O)C(C)(C)C)C1. The lowest BCUT2D eigenvalue weighted by Crippen LogP contribution is -2.35. The Bertz CT molecular complexity index is 293. The average Bonchev–Trinajstić information content (AvgIpc) is 2.17. The van der Waals surface area contributed by atoms with Crippen molar-refractivity contribution in [3.8, 4) is 0 Å². The molecule has 2 atom stereocenters. The number of ether oxygens (including phenoxy) is 1. The minimum Gasteiger partial charge on any atom is -0.373 e. The minimum absolute atomic E-state index is 0.112. The third kappa shape index (κ3) is 6.07. The summed E-state index contributed by atoms with van der Waals surface area (Å²) in [6.07, 6.45) is 6.96. The highest BCUT2D eigenvalue weighted by atomic mass is 16.5. The summed E-state index contributed by atoms with van der Waals surface area (Å²) < 4.78 is 6.16. The monoisotopic (exact) mass is 268 g/mol. The van der Waals surface area contributed by atoms with Crippen LogP contribution in [0, 0.1) is 11.3 Å². The second-order valence-corrected chi connectivity index (χ2v) is 8.04. The largest absolute Gasteiger partial charge is 0.373 e. The van der Waals surface area contributed by atoms with Crippen LogP contribution in [-0.2, 0) is 9.53 Å². The second kappa shape index (κ2) is 6.39. The molecule has 2 heteroatoms. The lowest BCUT2D eigenvalue weighted by molar-refractivity contribution is -0.134. The molecule has 0 aromatic rings. The number of ketones is 1. The molecule has 1 rings (SSSR count). The van der Waals surface area contributed by atoms with Crippen molar-refractivity contribution >= 4 is 5.78 Å². The molecular weight excluding hydrogens is 236 g/mol. The molecule has 19 heavy (non-hydrogen) atoms. The third-order valence-corrected chi connectivity index (χ3v) is 3.76. The average molecular weight is 268 g/mol. The highest BCUT2D eigenvalue weighted by molar-refractivity contribution is 5.85. The molecule has 1 fully saturated rings. The van der Waals surface area contributed by atoms with Crippen molar-refractivity contribution in [2.45, 2.75) is 91.8 Å². The summed E-state index contributed by atoms with van der Waals surface area (Å²) in [5, 5.41) is 0. The van der Waals surface area contributed by atoms with E-state index in [1.165, 1.54) is 19.3 Å². The Labute approximate surface area is 119 Å². The van der Waals surface area contributed by atoms with Crippen LogP contribution in [-0.4, -0.2) is 17.5 Å². The molecule has 1 aliphatic rings. The van der Waals surface area contributed by atoms with Crippen LogP contribution in [0.1, 0.15) is 80.1 Å². The summed E-state index contributed by atoms with van der Waals surface area (Å²) >= 11 is 0. The van der Waals surface area contributed by atoms with E-state index in [9.17, 15) is 4.79 Å². The van der Waals surface area contributed by atoms with E-state index in [0.29, 0.717) is 5.78 Å². The fourth-order valence-electron chi connectivity index (χ4n) is 2.95. The summed E-state index contributed by atoms with van der Waals surface area (Å²) in [5.41, 5.74) is -0.338. The van der Waals surface area contributed by atoms with E-state index >= 15 is 0 Å². The highest BCUT2D eigenvalue weighted by Gasteiger charge is 2.33. The van der Waals surface area contributed by atoms with Gasteiger partial charge in [-0.25, -0.2) is 0 Å². The first-order valence-electron chi connectivity index (χ1n) is 7.82. The Hall–Kier alpha value is -0.370. The van der Waals surface area contributed by atoms with Crippen molar-refractivity contribution in [1.82, 2.24) is 0 Å². The van der Waals surface area contributed by atoms with E-state index in [1.54, 1.807) is 0 Å². The van der Waals surface area contributed by atoms with Gasteiger partial charge in [0.25, 0.3) is 0 Å². The molecular formula is C17H32O2. The van der Waals surface area contributed by atoms with E-state index in [2.05, 4.69) is 20.8 Å². The van der Waals surface area contributed by atoms with Gasteiger partial charge in [0, 0.05) is 11.3 Å². The Morgan fingerprint density at radius 3 is 2.05 bits per heavy atom. The van der Waals surface area contributed by atoms with Crippen LogP contribution in [0.15, 0.2) is 0 Å². The van der Waals surface area contributed by atoms with Gasteiger partial charge in [-0.05, 0) is 40.0 Å². The smallest absolute Gasteiger partial charge is 0.141 e. The van der Waals surface area contributed by atoms with Gasteiger partial charge in [0.1, 0.15) is 5.78 Å². The van der Waals surface area contributed by atoms with Crippen molar-refractivity contribution in [2.75, 3.05) is 0 Å². The molecule has 2 nitrogen and oxygen atoms in total. The normalized spacial score (nSPS) is 26.6. The van der Waals surface area contributed by atoms with Crippen LogP contribution in [0.4, 0.5) is 0 Å². The van der Waals surface area contributed by atoms with Crippen molar-refractivity contribution in [3.05, 3.63) is 0 Å². The molecule has 112 valence electrons. The standard InChI is InChI=1S/C17H32O2/c1-16(2,3)15(18)13-10-8-7-9-11-14(12-13)19-17(4,5)6/h13-14H,7-12H2,1-6H3. The summed E-state index contributed by atoms with van der Waals surface area (Å²) in [6, 6.07) is 0. The second-order valence-electron chi connectivity index (χ2n) is 8.04. The lowest BCUT2D eigenvalue weighted by Gasteiger charge is -2.33. The maximum absolute atomic E-state index is 12.5. The zero-order valence-corrected chi connectivity index (χ0v) is 13.7. The Morgan fingerprint density at radius 1 is 0.947 bits per heavy atom. The first-order valence-corrected chi connectivity index (χ1v) is 7.82. The zero-order chi connectivity index (χ0) is 14.7. The first kappa shape index (κ1) is 16.7. The summed E-state index contributed by atoms with van der Waals surface area (Å²) in [6.45, 7) is 12.4. The third-order valence-electron chi connectivity index (χ3n) is 3.76. The summed E-state index contributed by atoms with van der Waals surface area (Å²) in [5.74, 6) is 0.601. The zero-order valence-electron chi connectivity index (χ0n) is 13.7. The van der Waals surface area contributed by atoms with Crippen molar-refractivity contribution < 1.29 is 9.53 Å². The van der Waals surface area contributed by atoms with Gasteiger partial charge in [0.05, 0.1) is 11.7 Å². The molecule has 0 heterocycles. The number of hydrogen-bond donors (Lipinski definition) is 0. The van der Waals surface area contributed by atoms with E-state index in [-0.39, 0.29) is 23.0 Å². The Morgan fingerprint density at radius 2 is 1.53 bits per heavy atom. The number of hydrogen-bond acceptors (Lipinski definition) is 2. The van der Waals surface area contributed by atoms with E-state index < -0.39 is 0 Å². The van der Waals surface area contributed by atoms with Gasteiger partial charge in [-0.2, -0.15) is 0 Å². The van der Waals surface area contributed by atoms with Crippen molar-refractivity contribution in [1.29, 1.82) is 0 Å². The maximum atomic E-state index is 12.5. The van der Waals surface area contributed by atoms with Crippen LogP contribution in [0.2, 0.25) is 0 Å². The molecule has 0 aliphatic heterocycles. The highest BCUT2D eigenvalue weighted by Crippen LogP contribution is 2.32. The molecule has 1 aliphatic carbocycles. The number of rotatable bonds is 2. The first-order chi connectivity index (χ1) is 8.59. The van der Waals surface area contributed by atoms with Gasteiger partial charge < -0.3 is 4.74 Å². The molecule has 0 bridgehead atoms. The molecule has 1 saturated carbocycles. The maximum Gasteiger partial charge on any atom is 0.141 e. The quantitative estimate of drug-likeness (QED) is 0.722. The fraction of sp³-hybridized carbons (Fsp3) is 0.941. The number of Topliss-reactive ketones (excluding diaryl/α,β-unsaturated/α-hetero) is 1. The van der Waals surface area contributed by atoms with Gasteiger partial charge in [-0.3, -0.25) is 4.79 Å². The summed E-state index contributed by atoms with van der Waals surface area (Å²) in [4.78, 5) is 12.5. The van der Waals surface area contributed by atoms with Crippen LogP contribution in [0.5, 0.6) is 0 Å². The van der Waals surface area contributed by atoms with E-state index in [0.717, 1.165) is 19.3 Å². The van der Waals surface area contributed by atoms with E-state index in [1.807, 2.05) is 20.8 Å². The van der Waals surface area contributed by atoms with Gasteiger partial charge in [-0.1, -0.05) is 40.0 Å². The van der Waals surface area contributed by atoms with Gasteiger partial charge in [0.2, 0.25) is 0 Å². The molecule has 0 amide bonds. The van der Waals surface area contributed by atoms with Crippen LogP contribution < -0.4 is 0 Å².